The standard InChI is InChI=1S/C14H18F3N3O/c15-14(16,17)9-3-6-12(11(18)8-9)19-7-1-2-13(21)20-10-4-5-10/h3,6,8,10,19H,1-2,4-5,7,18H2,(H,20,21). The first-order chi connectivity index (χ1) is 9.86. The Labute approximate surface area is 120 Å². The van der Waals surface area contributed by atoms with Crippen LogP contribution < -0.4 is 16.4 Å². The van der Waals surface area contributed by atoms with E-state index in [1.807, 2.05) is 0 Å². The molecule has 1 amide bonds. The molecule has 0 saturated heterocycles. The highest BCUT2D eigenvalue weighted by Crippen LogP contribution is 2.32. The third kappa shape index (κ3) is 4.84. The molecule has 0 atom stereocenters. The summed E-state index contributed by atoms with van der Waals surface area (Å²) in [6.45, 7) is 0.480. The Balaban J connectivity index is 1.76. The number of alkyl halides is 3. The summed E-state index contributed by atoms with van der Waals surface area (Å²) in [4.78, 5) is 11.4. The molecule has 21 heavy (non-hydrogen) atoms. The molecular formula is C14H18F3N3O. The van der Waals surface area contributed by atoms with E-state index in [1.165, 1.54) is 6.07 Å². The van der Waals surface area contributed by atoms with Gasteiger partial charge in [0, 0.05) is 19.0 Å². The Morgan fingerprint density at radius 1 is 1.33 bits per heavy atom. The Morgan fingerprint density at radius 3 is 2.62 bits per heavy atom. The van der Waals surface area contributed by atoms with Gasteiger partial charge >= 0.3 is 6.18 Å². The van der Waals surface area contributed by atoms with Crippen molar-refractivity contribution >= 4 is 17.3 Å². The molecule has 1 fully saturated rings. The first kappa shape index (κ1) is 15.5. The van der Waals surface area contributed by atoms with E-state index in [2.05, 4.69) is 10.6 Å². The number of amides is 1. The van der Waals surface area contributed by atoms with Crippen molar-refractivity contribution in [3.63, 3.8) is 0 Å². The van der Waals surface area contributed by atoms with Crippen LogP contribution in [0.15, 0.2) is 18.2 Å². The first-order valence-electron chi connectivity index (χ1n) is 6.86. The SMILES string of the molecule is Nc1cc(C(F)(F)F)ccc1NCCCC(=O)NC1CC1. The molecule has 0 unspecified atom stereocenters. The fourth-order valence-corrected chi connectivity index (χ4v) is 1.90. The second kappa shape index (κ2) is 6.24. The highest BCUT2D eigenvalue weighted by atomic mass is 19.4. The van der Waals surface area contributed by atoms with E-state index >= 15 is 0 Å². The van der Waals surface area contributed by atoms with E-state index in [0.29, 0.717) is 31.1 Å². The fourth-order valence-electron chi connectivity index (χ4n) is 1.90. The third-order valence-corrected chi connectivity index (χ3v) is 3.22. The molecule has 1 aliphatic rings. The normalized spacial score (nSPS) is 14.8. The second-order valence-corrected chi connectivity index (χ2v) is 5.17. The Bertz CT molecular complexity index is 513. The molecule has 0 bridgehead atoms. The number of nitrogen functional groups attached to an aromatic ring is 1. The van der Waals surface area contributed by atoms with Crippen LogP contribution in [-0.2, 0) is 11.0 Å². The van der Waals surface area contributed by atoms with Gasteiger partial charge in [-0.3, -0.25) is 4.79 Å². The summed E-state index contributed by atoms with van der Waals surface area (Å²) in [5.41, 5.74) is 5.32. The van der Waals surface area contributed by atoms with Gasteiger partial charge in [-0.2, -0.15) is 13.2 Å². The summed E-state index contributed by atoms with van der Waals surface area (Å²) >= 11 is 0. The molecule has 4 N–H and O–H groups in total. The van der Waals surface area contributed by atoms with Gasteiger partial charge in [0.05, 0.1) is 16.9 Å². The minimum Gasteiger partial charge on any atom is -0.397 e. The molecule has 4 nitrogen and oxygen atoms in total. The van der Waals surface area contributed by atoms with Crippen molar-refractivity contribution in [3.05, 3.63) is 23.8 Å². The number of halogens is 3. The number of benzene rings is 1. The zero-order valence-electron chi connectivity index (χ0n) is 11.5. The van der Waals surface area contributed by atoms with Crippen LogP contribution in [0.25, 0.3) is 0 Å². The molecule has 1 saturated carbocycles. The number of carbonyl (C=O) groups is 1. The van der Waals surface area contributed by atoms with Gasteiger partial charge in [-0.15, -0.1) is 0 Å². The van der Waals surface area contributed by atoms with Crippen molar-refractivity contribution in [1.29, 1.82) is 0 Å². The summed E-state index contributed by atoms with van der Waals surface area (Å²) in [7, 11) is 0. The summed E-state index contributed by atoms with van der Waals surface area (Å²) in [6.07, 6.45) is -1.31. The van der Waals surface area contributed by atoms with E-state index in [-0.39, 0.29) is 11.6 Å². The average molecular weight is 301 g/mol. The molecule has 0 radical (unpaired) electrons. The van der Waals surface area contributed by atoms with Crippen molar-refractivity contribution in [3.8, 4) is 0 Å². The van der Waals surface area contributed by atoms with Gasteiger partial charge in [-0.05, 0) is 37.5 Å². The number of nitrogens with one attached hydrogen (secondary N) is 2. The summed E-state index contributed by atoms with van der Waals surface area (Å²) in [6, 6.07) is 3.54. The van der Waals surface area contributed by atoms with Crippen LogP contribution in [0.5, 0.6) is 0 Å². The molecule has 2 rings (SSSR count). The Kier molecular flexibility index (Phi) is 4.59. The summed E-state index contributed by atoms with van der Waals surface area (Å²) < 4.78 is 37.5. The summed E-state index contributed by atoms with van der Waals surface area (Å²) in [5.74, 6) is 0.0136. The van der Waals surface area contributed by atoms with Crippen molar-refractivity contribution < 1.29 is 18.0 Å². The van der Waals surface area contributed by atoms with Gasteiger partial charge in [0.15, 0.2) is 0 Å². The largest absolute Gasteiger partial charge is 0.416 e. The predicted octanol–water partition coefficient (Wildman–Crippen LogP) is 2.76. The molecule has 0 aliphatic heterocycles. The Hall–Kier alpha value is -1.92. The number of carbonyl (C=O) groups excluding carboxylic acids is 1. The molecular weight excluding hydrogens is 283 g/mol. The van der Waals surface area contributed by atoms with Crippen LogP contribution in [-0.4, -0.2) is 18.5 Å². The van der Waals surface area contributed by atoms with Gasteiger partial charge in [-0.1, -0.05) is 0 Å². The Morgan fingerprint density at radius 2 is 2.05 bits per heavy atom. The molecule has 0 aromatic heterocycles. The predicted molar refractivity (Wildman–Crippen MR) is 74.7 cm³/mol. The lowest BCUT2D eigenvalue weighted by Gasteiger charge is -2.12. The summed E-state index contributed by atoms with van der Waals surface area (Å²) in [5, 5.41) is 5.82. The van der Waals surface area contributed by atoms with Crippen LogP contribution in [0.2, 0.25) is 0 Å². The maximum Gasteiger partial charge on any atom is 0.416 e. The topological polar surface area (TPSA) is 67.1 Å². The minimum absolute atomic E-state index is 0.0136. The molecule has 0 heterocycles. The van der Waals surface area contributed by atoms with E-state index in [9.17, 15) is 18.0 Å². The van der Waals surface area contributed by atoms with E-state index in [0.717, 1.165) is 25.0 Å². The van der Waals surface area contributed by atoms with Crippen LogP contribution in [0, 0.1) is 0 Å². The molecule has 1 aromatic carbocycles. The van der Waals surface area contributed by atoms with Crippen molar-refractivity contribution in [2.24, 2.45) is 0 Å². The second-order valence-electron chi connectivity index (χ2n) is 5.17. The molecule has 1 aromatic rings. The highest BCUT2D eigenvalue weighted by Gasteiger charge is 2.30. The van der Waals surface area contributed by atoms with Gasteiger partial charge < -0.3 is 16.4 Å². The van der Waals surface area contributed by atoms with Gasteiger partial charge in [0.25, 0.3) is 0 Å². The van der Waals surface area contributed by atoms with Gasteiger partial charge in [-0.25, -0.2) is 0 Å². The van der Waals surface area contributed by atoms with Gasteiger partial charge in [0.1, 0.15) is 0 Å². The molecule has 116 valence electrons. The molecule has 0 spiro atoms. The third-order valence-electron chi connectivity index (χ3n) is 3.22. The van der Waals surface area contributed by atoms with Crippen LogP contribution in [0.3, 0.4) is 0 Å². The number of hydrogen-bond acceptors (Lipinski definition) is 3. The lowest BCUT2D eigenvalue weighted by atomic mass is 10.1. The zero-order chi connectivity index (χ0) is 15.5. The van der Waals surface area contributed by atoms with Crippen LogP contribution >= 0.6 is 0 Å². The van der Waals surface area contributed by atoms with Crippen LogP contribution in [0.1, 0.15) is 31.2 Å². The van der Waals surface area contributed by atoms with Crippen molar-refractivity contribution in [2.75, 3.05) is 17.6 Å². The van der Waals surface area contributed by atoms with Crippen LogP contribution in [0.4, 0.5) is 24.5 Å². The lowest BCUT2D eigenvalue weighted by molar-refractivity contribution is -0.137. The number of nitrogens with two attached hydrogens (primary N) is 1. The lowest BCUT2D eigenvalue weighted by Crippen LogP contribution is -2.25. The van der Waals surface area contributed by atoms with E-state index < -0.39 is 11.7 Å². The van der Waals surface area contributed by atoms with E-state index in [1.54, 1.807) is 0 Å². The highest BCUT2D eigenvalue weighted by molar-refractivity contribution is 5.76. The quantitative estimate of drug-likeness (QED) is 0.559. The minimum atomic E-state index is -4.40. The number of anilines is 2. The van der Waals surface area contributed by atoms with Crippen molar-refractivity contribution in [2.45, 2.75) is 37.9 Å². The zero-order valence-corrected chi connectivity index (χ0v) is 11.5. The maximum absolute atomic E-state index is 12.5. The fraction of sp³-hybridized carbons (Fsp3) is 0.500. The molecule has 7 heteroatoms. The number of rotatable bonds is 6. The monoisotopic (exact) mass is 301 g/mol. The first-order valence-corrected chi connectivity index (χ1v) is 6.86. The smallest absolute Gasteiger partial charge is 0.397 e. The van der Waals surface area contributed by atoms with Gasteiger partial charge in [0.2, 0.25) is 5.91 Å². The average Bonchev–Trinajstić information content (AvgIpc) is 3.18. The molecule has 1 aliphatic carbocycles. The van der Waals surface area contributed by atoms with E-state index in [4.69, 9.17) is 5.73 Å². The number of hydrogen-bond donors (Lipinski definition) is 3. The van der Waals surface area contributed by atoms with Crippen molar-refractivity contribution in [1.82, 2.24) is 5.32 Å². The maximum atomic E-state index is 12.5.